The smallest absolute Gasteiger partial charge is 0.294 e. The largest absolute Gasteiger partial charge is 0.490 e. The van der Waals surface area contributed by atoms with Gasteiger partial charge in [-0.1, -0.05) is 34.0 Å². The summed E-state index contributed by atoms with van der Waals surface area (Å²) in [5.41, 5.74) is 2.19. The normalized spacial score (nSPS) is 14.4. The number of thioether (sulfide) groups is 1. The highest BCUT2D eigenvalue weighted by molar-refractivity contribution is 9.10. The van der Waals surface area contributed by atoms with E-state index in [9.17, 15) is 14.4 Å². The van der Waals surface area contributed by atoms with Crippen LogP contribution in [0.5, 0.6) is 11.5 Å². The number of hydrogen-bond donors (Lipinski definition) is 1. The zero-order chi connectivity index (χ0) is 24.0. The molecule has 0 unspecified atom stereocenters. The van der Waals surface area contributed by atoms with Crippen LogP contribution < -0.4 is 14.8 Å². The quantitative estimate of drug-likeness (QED) is 0.389. The SMILES string of the molecule is C#CCOc1cc(Br)c(/C=C2\SC(=O)N(CC(=O)Nc3cccc(C)c3)C2=O)cc1OCC. The van der Waals surface area contributed by atoms with Crippen LogP contribution in [0.25, 0.3) is 6.08 Å². The highest BCUT2D eigenvalue weighted by Crippen LogP contribution is 2.38. The third kappa shape index (κ3) is 6.18. The molecular weight excluding hydrogens is 508 g/mol. The summed E-state index contributed by atoms with van der Waals surface area (Å²) >= 11 is 4.22. The fourth-order valence-corrected chi connectivity index (χ4v) is 4.27. The van der Waals surface area contributed by atoms with Gasteiger partial charge in [0.2, 0.25) is 5.91 Å². The summed E-state index contributed by atoms with van der Waals surface area (Å²) in [6.07, 6.45) is 6.83. The second-order valence-corrected chi connectivity index (χ2v) is 8.78. The standard InChI is InChI=1S/C24H21BrN2O5S/c1-4-9-32-20-13-18(25)16(11-19(20)31-5-2)12-21-23(29)27(24(30)33-21)14-22(28)26-17-8-6-7-15(3)10-17/h1,6-8,10-13H,5,9,14H2,2-3H3,(H,26,28)/b21-12-. The summed E-state index contributed by atoms with van der Waals surface area (Å²) in [5.74, 6) is 2.31. The van der Waals surface area contributed by atoms with Gasteiger partial charge in [-0.2, -0.15) is 0 Å². The molecule has 9 heteroatoms. The first kappa shape index (κ1) is 24.4. The molecule has 0 atom stereocenters. The van der Waals surface area contributed by atoms with E-state index in [1.165, 1.54) is 0 Å². The number of ether oxygens (including phenoxy) is 2. The Morgan fingerprint density at radius 1 is 1.24 bits per heavy atom. The third-order valence-corrected chi connectivity index (χ3v) is 6.03. The van der Waals surface area contributed by atoms with E-state index in [1.807, 2.05) is 26.0 Å². The molecule has 170 valence electrons. The van der Waals surface area contributed by atoms with Crippen molar-refractivity contribution in [2.45, 2.75) is 13.8 Å². The molecule has 3 rings (SSSR count). The van der Waals surface area contributed by atoms with Gasteiger partial charge in [-0.05, 0) is 67.1 Å². The zero-order valence-electron chi connectivity index (χ0n) is 18.0. The number of anilines is 1. The first-order chi connectivity index (χ1) is 15.8. The lowest BCUT2D eigenvalue weighted by molar-refractivity contribution is -0.127. The molecule has 33 heavy (non-hydrogen) atoms. The van der Waals surface area contributed by atoms with Crippen molar-refractivity contribution in [1.82, 2.24) is 4.90 Å². The molecule has 0 aliphatic carbocycles. The Bertz CT molecular complexity index is 1170. The summed E-state index contributed by atoms with van der Waals surface area (Å²) in [6.45, 7) is 3.84. The second kappa shape index (κ2) is 11.1. The number of imide groups is 1. The van der Waals surface area contributed by atoms with Gasteiger partial charge < -0.3 is 14.8 Å². The van der Waals surface area contributed by atoms with Gasteiger partial charge in [-0.3, -0.25) is 19.3 Å². The maximum atomic E-state index is 12.8. The molecule has 1 N–H and O–H groups in total. The van der Waals surface area contributed by atoms with Gasteiger partial charge in [0.15, 0.2) is 11.5 Å². The molecule has 3 amide bonds. The van der Waals surface area contributed by atoms with Gasteiger partial charge in [0.25, 0.3) is 11.1 Å². The summed E-state index contributed by atoms with van der Waals surface area (Å²) in [5, 5.41) is 2.19. The van der Waals surface area contributed by atoms with E-state index in [1.54, 1.807) is 30.3 Å². The minimum Gasteiger partial charge on any atom is -0.490 e. The molecule has 1 saturated heterocycles. The predicted octanol–water partition coefficient (Wildman–Crippen LogP) is 4.84. The lowest BCUT2D eigenvalue weighted by Gasteiger charge is -2.13. The van der Waals surface area contributed by atoms with Crippen LogP contribution >= 0.6 is 27.7 Å². The lowest BCUT2D eigenvalue weighted by Crippen LogP contribution is -2.36. The van der Waals surface area contributed by atoms with Crippen molar-refractivity contribution in [1.29, 1.82) is 0 Å². The van der Waals surface area contributed by atoms with Gasteiger partial charge >= 0.3 is 0 Å². The van der Waals surface area contributed by atoms with Gasteiger partial charge in [-0.15, -0.1) is 6.42 Å². The Kier molecular flexibility index (Phi) is 8.20. The first-order valence-corrected chi connectivity index (χ1v) is 11.6. The number of rotatable bonds is 8. The van der Waals surface area contributed by atoms with Crippen molar-refractivity contribution in [3.05, 3.63) is 56.9 Å². The van der Waals surface area contributed by atoms with Crippen molar-refractivity contribution in [2.75, 3.05) is 25.1 Å². The molecule has 0 radical (unpaired) electrons. The van der Waals surface area contributed by atoms with E-state index in [0.717, 1.165) is 22.2 Å². The minimum absolute atomic E-state index is 0.0787. The third-order valence-electron chi connectivity index (χ3n) is 4.44. The van der Waals surface area contributed by atoms with E-state index in [0.29, 0.717) is 33.8 Å². The van der Waals surface area contributed by atoms with E-state index in [4.69, 9.17) is 15.9 Å². The highest BCUT2D eigenvalue weighted by atomic mass is 79.9. The predicted molar refractivity (Wildman–Crippen MR) is 132 cm³/mol. The molecule has 1 aliphatic heterocycles. The number of terminal acetylenes is 1. The Labute approximate surface area is 204 Å². The van der Waals surface area contributed by atoms with Gasteiger partial charge in [0.05, 0.1) is 11.5 Å². The molecule has 7 nitrogen and oxygen atoms in total. The monoisotopic (exact) mass is 528 g/mol. The number of carbonyl (C=O) groups is 3. The highest BCUT2D eigenvalue weighted by Gasteiger charge is 2.36. The molecule has 0 saturated carbocycles. The fourth-order valence-electron chi connectivity index (χ4n) is 3.01. The topological polar surface area (TPSA) is 84.9 Å². The second-order valence-electron chi connectivity index (χ2n) is 6.93. The van der Waals surface area contributed by atoms with Gasteiger partial charge in [-0.25, -0.2) is 0 Å². The van der Waals surface area contributed by atoms with Crippen LogP contribution in [0.3, 0.4) is 0 Å². The molecule has 0 bridgehead atoms. The number of benzene rings is 2. The van der Waals surface area contributed by atoms with Crippen molar-refractivity contribution in [3.63, 3.8) is 0 Å². The van der Waals surface area contributed by atoms with Crippen LogP contribution in [-0.2, 0) is 9.59 Å². The van der Waals surface area contributed by atoms with Crippen LogP contribution in [0.2, 0.25) is 0 Å². The number of carbonyl (C=O) groups excluding carboxylic acids is 3. The molecule has 1 fully saturated rings. The summed E-state index contributed by atoms with van der Waals surface area (Å²) in [6, 6.07) is 10.6. The maximum absolute atomic E-state index is 12.8. The van der Waals surface area contributed by atoms with Crippen LogP contribution in [0.15, 0.2) is 45.8 Å². The van der Waals surface area contributed by atoms with E-state index < -0.39 is 17.1 Å². The number of nitrogens with zero attached hydrogens (tertiary/aromatic N) is 1. The van der Waals surface area contributed by atoms with Crippen LogP contribution in [0.4, 0.5) is 10.5 Å². The van der Waals surface area contributed by atoms with E-state index >= 15 is 0 Å². The molecule has 2 aromatic carbocycles. The average Bonchev–Trinajstić information content (AvgIpc) is 3.02. The number of halogens is 1. The van der Waals surface area contributed by atoms with E-state index in [2.05, 4.69) is 27.2 Å². The molecule has 1 heterocycles. The Hall–Kier alpha value is -3.22. The summed E-state index contributed by atoms with van der Waals surface area (Å²) in [7, 11) is 0. The molecular formula is C24H21BrN2O5S. The molecule has 2 aromatic rings. The summed E-state index contributed by atoms with van der Waals surface area (Å²) < 4.78 is 11.8. The Balaban J connectivity index is 1.78. The van der Waals surface area contributed by atoms with Crippen molar-refractivity contribution in [2.24, 2.45) is 0 Å². The Morgan fingerprint density at radius 2 is 2.00 bits per heavy atom. The van der Waals surface area contributed by atoms with E-state index in [-0.39, 0.29) is 18.1 Å². The minimum atomic E-state index is -0.540. The van der Waals surface area contributed by atoms with Crippen molar-refractivity contribution < 1.29 is 23.9 Å². The van der Waals surface area contributed by atoms with Crippen molar-refractivity contribution in [3.8, 4) is 23.8 Å². The molecule has 0 aromatic heterocycles. The zero-order valence-corrected chi connectivity index (χ0v) is 20.4. The lowest BCUT2D eigenvalue weighted by atomic mass is 10.1. The summed E-state index contributed by atoms with van der Waals surface area (Å²) in [4.78, 5) is 38.8. The number of aryl methyl sites for hydroxylation is 1. The van der Waals surface area contributed by atoms with Gasteiger partial charge in [0.1, 0.15) is 13.2 Å². The Morgan fingerprint density at radius 3 is 2.70 bits per heavy atom. The van der Waals surface area contributed by atoms with Crippen molar-refractivity contribution >= 4 is 56.5 Å². The van der Waals surface area contributed by atoms with Gasteiger partial charge in [0, 0.05) is 10.2 Å². The van der Waals surface area contributed by atoms with Crippen LogP contribution in [0.1, 0.15) is 18.1 Å². The number of hydrogen-bond acceptors (Lipinski definition) is 6. The molecule has 1 aliphatic rings. The number of nitrogens with one attached hydrogen (secondary N) is 1. The molecule has 0 spiro atoms. The maximum Gasteiger partial charge on any atom is 0.294 e. The fraction of sp³-hybridized carbons (Fsp3) is 0.208. The first-order valence-electron chi connectivity index (χ1n) is 9.96. The number of amides is 3. The average molecular weight is 529 g/mol. The van der Waals surface area contributed by atoms with Crippen LogP contribution in [-0.4, -0.2) is 41.7 Å². The van der Waals surface area contributed by atoms with Crippen LogP contribution in [0, 0.1) is 19.3 Å².